The summed E-state index contributed by atoms with van der Waals surface area (Å²) in [4.78, 5) is 15.1. The molecule has 0 saturated heterocycles. The van der Waals surface area contributed by atoms with Crippen molar-refractivity contribution in [1.82, 2.24) is 10.2 Å². The summed E-state index contributed by atoms with van der Waals surface area (Å²) in [5.74, 6) is 0.756. The minimum atomic E-state index is 0.0351. The second kappa shape index (κ2) is 12.3. The number of benzene rings is 3. The molecule has 0 aliphatic carbocycles. The molecule has 0 aromatic heterocycles. The van der Waals surface area contributed by atoms with Gasteiger partial charge in [-0.1, -0.05) is 77.8 Å². The normalized spacial score (nSPS) is 13.6. The average molecular weight is 509 g/mol. The van der Waals surface area contributed by atoms with E-state index in [0.717, 1.165) is 53.8 Å². The van der Waals surface area contributed by atoms with Crippen LogP contribution in [0, 0.1) is 0 Å². The van der Waals surface area contributed by atoms with E-state index in [0.29, 0.717) is 29.7 Å². The third-order valence-electron chi connectivity index (χ3n) is 6.19. The first-order chi connectivity index (χ1) is 17.0. The Morgan fingerprint density at radius 3 is 2.43 bits per heavy atom. The minimum Gasteiger partial charge on any atom is -0.492 e. The molecule has 0 unspecified atom stereocenters. The van der Waals surface area contributed by atoms with Gasteiger partial charge >= 0.3 is 0 Å². The van der Waals surface area contributed by atoms with Crippen molar-refractivity contribution in [1.29, 1.82) is 0 Å². The molecule has 3 aromatic rings. The number of nitrogens with one attached hydrogen (secondary N) is 1. The highest BCUT2D eigenvalue weighted by Gasteiger charge is 2.23. The fraction of sp³-hybridized carbons (Fsp3) is 0.276. The SMILES string of the molecule is CN(Cc1ccccc1Cl)C(=O)C1=C(c2ccc(CCCOc3ccccc3Cl)cc2)CCNC1. The van der Waals surface area contributed by atoms with Crippen LogP contribution in [-0.2, 0) is 17.8 Å². The van der Waals surface area contributed by atoms with E-state index in [9.17, 15) is 4.79 Å². The number of rotatable bonds is 9. The van der Waals surface area contributed by atoms with Gasteiger partial charge in [0.2, 0.25) is 0 Å². The van der Waals surface area contributed by atoms with Crippen molar-refractivity contribution in [3.05, 3.63) is 105 Å². The highest BCUT2D eigenvalue weighted by atomic mass is 35.5. The number of carbonyl (C=O) groups is 1. The van der Waals surface area contributed by atoms with Crippen molar-refractivity contribution in [3.8, 4) is 5.75 Å². The van der Waals surface area contributed by atoms with Crippen LogP contribution >= 0.6 is 23.2 Å². The minimum absolute atomic E-state index is 0.0351. The molecule has 0 radical (unpaired) electrons. The second-order valence-corrected chi connectivity index (χ2v) is 9.53. The molecule has 1 N–H and O–H groups in total. The van der Waals surface area contributed by atoms with Gasteiger partial charge in [-0.25, -0.2) is 0 Å². The molecule has 1 aliphatic heterocycles. The van der Waals surface area contributed by atoms with Gasteiger partial charge < -0.3 is 15.0 Å². The van der Waals surface area contributed by atoms with Crippen LogP contribution < -0.4 is 10.1 Å². The quantitative estimate of drug-likeness (QED) is 0.339. The Balaban J connectivity index is 1.39. The summed E-state index contributed by atoms with van der Waals surface area (Å²) < 4.78 is 5.79. The van der Waals surface area contributed by atoms with Crippen LogP contribution in [0.5, 0.6) is 5.75 Å². The first-order valence-electron chi connectivity index (χ1n) is 11.9. The Kier molecular flexibility index (Phi) is 8.86. The highest BCUT2D eigenvalue weighted by molar-refractivity contribution is 6.32. The topological polar surface area (TPSA) is 41.6 Å². The molecule has 0 spiro atoms. The van der Waals surface area contributed by atoms with Crippen LogP contribution in [0.3, 0.4) is 0 Å². The number of hydrogen-bond donors (Lipinski definition) is 1. The van der Waals surface area contributed by atoms with Gasteiger partial charge in [0, 0.05) is 30.7 Å². The lowest BCUT2D eigenvalue weighted by molar-refractivity contribution is -0.126. The third kappa shape index (κ3) is 6.66. The zero-order chi connectivity index (χ0) is 24.6. The summed E-state index contributed by atoms with van der Waals surface area (Å²) in [6, 6.07) is 23.7. The van der Waals surface area contributed by atoms with Crippen molar-refractivity contribution in [3.63, 3.8) is 0 Å². The van der Waals surface area contributed by atoms with Crippen LogP contribution in [0.2, 0.25) is 10.0 Å². The maximum atomic E-state index is 13.3. The maximum Gasteiger partial charge on any atom is 0.251 e. The molecule has 182 valence electrons. The molecular weight excluding hydrogens is 479 g/mol. The van der Waals surface area contributed by atoms with Crippen LogP contribution in [0.15, 0.2) is 78.4 Å². The van der Waals surface area contributed by atoms with E-state index < -0.39 is 0 Å². The predicted octanol–water partition coefficient (Wildman–Crippen LogP) is 6.41. The summed E-state index contributed by atoms with van der Waals surface area (Å²) in [6.07, 6.45) is 2.64. The van der Waals surface area contributed by atoms with Crippen molar-refractivity contribution in [2.24, 2.45) is 0 Å². The molecule has 1 heterocycles. The molecule has 0 fully saturated rings. The Bertz CT molecular complexity index is 1190. The van der Waals surface area contributed by atoms with Crippen molar-refractivity contribution >= 4 is 34.7 Å². The lowest BCUT2D eigenvalue weighted by atomic mass is 9.92. The molecule has 0 atom stereocenters. The number of hydrogen-bond acceptors (Lipinski definition) is 3. The highest BCUT2D eigenvalue weighted by Crippen LogP contribution is 2.27. The van der Waals surface area contributed by atoms with E-state index in [1.807, 2.05) is 55.6 Å². The first-order valence-corrected chi connectivity index (χ1v) is 12.7. The molecule has 3 aromatic carbocycles. The summed E-state index contributed by atoms with van der Waals surface area (Å²) in [6.45, 7) is 2.52. The smallest absolute Gasteiger partial charge is 0.251 e. The van der Waals surface area contributed by atoms with Crippen LogP contribution in [0.25, 0.3) is 5.57 Å². The molecule has 0 bridgehead atoms. The largest absolute Gasteiger partial charge is 0.492 e. The maximum absolute atomic E-state index is 13.3. The number of ether oxygens (including phenoxy) is 1. The van der Waals surface area contributed by atoms with Crippen molar-refractivity contribution in [2.45, 2.75) is 25.8 Å². The van der Waals surface area contributed by atoms with Gasteiger partial charge in [0.1, 0.15) is 5.75 Å². The summed E-state index contributed by atoms with van der Waals surface area (Å²) in [7, 11) is 1.83. The fourth-order valence-corrected chi connectivity index (χ4v) is 4.67. The summed E-state index contributed by atoms with van der Waals surface area (Å²) >= 11 is 12.5. The number of amides is 1. The number of nitrogens with zero attached hydrogens (tertiary/aromatic N) is 1. The number of carbonyl (C=O) groups excluding carboxylic acids is 1. The van der Waals surface area contributed by atoms with Crippen molar-refractivity contribution in [2.75, 3.05) is 26.7 Å². The number of likely N-dealkylation sites (N-methyl/N-ethyl adjacent to an activating group) is 1. The van der Waals surface area contributed by atoms with Gasteiger partial charge in [0.25, 0.3) is 5.91 Å². The molecule has 1 amide bonds. The number of para-hydroxylation sites is 1. The standard InChI is InChI=1S/C29H30Cl2N2O2/c1-33(20-23-8-2-3-9-26(23)30)29(34)25-19-32-17-16-24(25)22-14-12-21(13-15-22)7-6-18-35-28-11-5-4-10-27(28)31/h2-5,8-15,32H,6-7,16-20H2,1H3. The second-order valence-electron chi connectivity index (χ2n) is 8.72. The molecule has 4 rings (SSSR count). The summed E-state index contributed by atoms with van der Waals surface area (Å²) in [5, 5.41) is 4.67. The molecular formula is C29H30Cl2N2O2. The zero-order valence-corrected chi connectivity index (χ0v) is 21.4. The van der Waals surface area contributed by atoms with E-state index in [1.54, 1.807) is 4.90 Å². The Morgan fingerprint density at radius 2 is 1.69 bits per heavy atom. The fourth-order valence-electron chi connectivity index (χ4n) is 4.28. The number of halogens is 2. The van der Waals surface area contributed by atoms with Gasteiger partial charge in [0.15, 0.2) is 0 Å². The predicted molar refractivity (Wildman–Crippen MR) is 144 cm³/mol. The third-order valence-corrected chi connectivity index (χ3v) is 6.88. The average Bonchev–Trinajstić information content (AvgIpc) is 2.89. The lowest BCUT2D eigenvalue weighted by Crippen LogP contribution is -2.35. The van der Waals surface area contributed by atoms with E-state index in [4.69, 9.17) is 27.9 Å². The van der Waals surface area contributed by atoms with Gasteiger partial charge in [-0.05, 0) is 66.3 Å². The molecule has 6 heteroatoms. The Morgan fingerprint density at radius 1 is 0.971 bits per heavy atom. The van der Waals surface area contributed by atoms with Crippen molar-refractivity contribution < 1.29 is 9.53 Å². The van der Waals surface area contributed by atoms with Crippen LogP contribution in [0.1, 0.15) is 29.5 Å². The number of aryl methyl sites for hydroxylation is 1. The molecule has 35 heavy (non-hydrogen) atoms. The zero-order valence-electron chi connectivity index (χ0n) is 19.9. The van der Waals surface area contributed by atoms with E-state index in [-0.39, 0.29) is 5.91 Å². The van der Waals surface area contributed by atoms with Gasteiger partial charge in [-0.15, -0.1) is 0 Å². The van der Waals surface area contributed by atoms with E-state index >= 15 is 0 Å². The molecule has 4 nitrogen and oxygen atoms in total. The van der Waals surface area contributed by atoms with Crippen LogP contribution in [0.4, 0.5) is 0 Å². The van der Waals surface area contributed by atoms with E-state index in [1.165, 1.54) is 5.56 Å². The van der Waals surface area contributed by atoms with Gasteiger partial charge in [-0.2, -0.15) is 0 Å². The first kappa shape index (κ1) is 25.3. The Hall–Kier alpha value is -2.79. The lowest BCUT2D eigenvalue weighted by Gasteiger charge is -2.26. The van der Waals surface area contributed by atoms with Crippen LogP contribution in [-0.4, -0.2) is 37.6 Å². The van der Waals surface area contributed by atoms with Gasteiger partial charge in [0.05, 0.1) is 11.6 Å². The monoisotopic (exact) mass is 508 g/mol. The summed E-state index contributed by atoms with van der Waals surface area (Å²) in [5.41, 5.74) is 5.24. The van der Waals surface area contributed by atoms with E-state index in [2.05, 4.69) is 29.6 Å². The molecule has 0 saturated carbocycles. The Labute approximate surface area is 217 Å². The molecule has 1 aliphatic rings. The van der Waals surface area contributed by atoms with Gasteiger partial charge in [-0.3, -0.25) is 4.79 Å².